The van der Waals surface area contributed by atoms with Gasteiger partial charge in [0.1, 0.15) is 11.9 Å². The van der Waals surface area contributed by atoms with Crippen molar-refractivity contribution in [2.24, 2.45) is 7.05 Å². The fourth-order valence-corrected chi connectivity index (χ4v) is 5.59. The zero-order valence-electron chi connectivity index (χ0n) is 18.1. The number of anilines is 1. The van der Waals surface area contributed by atoms with E-state index < -0.39 is 0 Å². The number of nitrogens with zero attached hydrogens (tertiary/aromatic N) is 4. The Balaban J connectivity index is 1.39. The Morgan fingerprint density at radius 3 is 2.75 bits per heavy atom. The van der Waals surface area contributed by atoms with Crippen LogP contribution in [-0.4, -0.2) is 46.2 Å². The summed E-state index contributed by atoms with van der Waals surface area (Å²) >= 11 is 1.41. The minimum Gasteiger partial charge on any atom is -0.381 e. The molecular weight excluding hydrogens is 426 g/mol. The zero-order chi connectivity index (χ0) is 22.1. The van der Waals surface area contributed by atoms with Crippen molar-refractivity contribution in [2.45, 2.75) is 44.2 Å². The van der Waals surface area contributed by atoms with Crippen molar-refractivity contribution in [2.75, 3.05) is 24.7 Å². The van der Waals surface area contributed by atoms with Crippen LogP contribution in [0.2, 0.25) is 0 Å². The molecule has 5 rings (SSSR count). The van der Waals surface area contributed by atoms with Crippen LogP contribution in [0.25, 0.3) is 10.3 Å². The van der Waals surface area contributed by atoms with Gasteiger partial charge in [0.05, 0.1) is 0 Å². The molecule has 1 unspecified atom stereocenters. The van der Waals surface area contributed by atoms with Crippen LogP contribution in [0.5, 0.6) is 0 Å². The van der Waals surface area contributed by atoms with Gasteiger partial charge in [-0.05, 0) is 31.2 Å². The molecule has 8 nitrogen and oxygen atoms in total. The lowest BCUT2D eigenvalue weighted by molar-refractivity contribution is -0.122. The van der Waals surface area contributed by atoms with Gasteiger partial charge >= 0.3 is 0 Å². The van der Waals surface area contributed by atoms with Gasteiger partial charge in [-0.25, -0.2) is 9.97 Å². The van der Waals surface area contributed by atoms with Gasteiger partial charge in [0.2, 0.25) is 5.91 Å². The number of amides is 1. The number of nitrogens with one attached hydrogen (secondary N) is 1. The predicted molar refractivity (Wildman–Crippen MR) is 124 cm³/mol. The van der Waals surface area contributed by atoms with Gasteiger partial charge < -0.3 is 15.0 Å². The van der Waals surface area contributed by atoms with Crippen LogP contribution >= 0.6 is 11.3 Å². The number of carbonyl (C=O) groups excluding carboxylic acids is 1. The molecule has 0 aliphatic carbocycles. The fraction of sp³-hybridized carbons (Fsp3) is 0.478. The third kappa shape index (κ3) is 4.02. The maximum atomic E-state index is 13.0. The molecule has 0 bridgehead atoms. The molecule has 2 aliphatic heterocycles. The SMILES string of the molecule is Cn1c(C2CCOCC2)nc2sc(N3CCCC3C(=O)NCc3ccccc3)nc2c1=O. The largest absolute Gasteiger partial charge is 0.381 e. The molecule has 32 heavy (non-hydrogen) atoms. The molecule has 1 N–H and O–H groups in total. The summed E-state index contributed by atoms with van der Waals surface area (Å²) in [7, 11) is 1.77. The number of thiazole rings is 1. The van der Waals surface area contributed by atoms with Crippen molar-refractivity contribution < 1.29 is 9.53 Å². The van der Waals surface area contributed by atoms with E-state index in [4.69, 9.17) is 9.72 Å². The maximum absolute atomic E-state index is 13.0. The smallest absolute Gasteiger partial charge is 0.280 e. The standard InChI is InChI=1S/C23H27N5O3S/c1-27-19(16-9-12-31-13-10-16)26-21-18(22(27)30)25-23(32-21)28-11-5-8-17(28)20(29)24-14-15-6-3-2-4-7-15/h2-4,6-7,16-17H,5,8-14H2,1H3,(H,24,29). The highest BCUT2D eigenvalue weighted by Gasteiger charge is 2.33. The van der Waals surface area contributed by atoms with Gasteiger partial charge in [-0.2, -0.15) is 0 Å². The van der Waals surface area contributed by atoms with Crippen LogP contribution in [0.3, 0.4) is 0 Å². The van der Waals surface area contributed by atoms with Crippen LogP contribution in [0.1, 0.15) is 43.0 Å². The molecule has 1 aromatic carbocycles. The first-order valence-corrected chi connectivity index (χ1v) is 12.0. The van der Waals surface area contributed by atoms with E-state index in [0.29, 0.717) is 35.2 Å². The highest BCUT2D eigenvalue weighted by Crippen LogP contribution is 2.33. The average molecular weight is 454 g/mol. The summed E-state index contributed by atoms with van der Waals surface area (Å²) in [6, 6.07) is 9.61. The lowest BCUT2D eigenvalue weighted by Gasteiger charge is -2.23. The number of rotatable bonds is 5. The van der Waals surface area contributed by atoms with Crippen molar-refractivity contribution in [3.05, 3.63) is 52.1 Å². The summed E-state index contributed by atoms with van der Waals surface area (Å²) in [4.78, 5) is 38.1. The van der Waals surface area contributed by atoms with Crippen molar-refractivity contribution in [1.82, 2.24) is 19.9 Å². The Morgan fingerprint density at radius 1 is 1.19 bits per heavy atom. The molecule has 9 heteroatoms. The first-order valence-electron chi connectivity index (χ1n) is 11.2. The van der Waals surface area contributed by atoms with E-state index in [2.05, 4.69) is 10.3 Å². The molecule has 0 spiro atoms. The lowest BCUT2D eigenvalue weighted by Crippen LogP contribution is -2.43. The number of hydrogen-bond acceptors (Lipinski definition) is 7. The van der Waals surface area contributed by atoms with E-state index in [1.165, 1.54) is 11.3 Å². The summed E-state index contributed by atoms with van der Waals surface area (Å²) < 4.78 is 7.10. The van der Waals surface area contributed by atoms with Crippen LogP contribution < -0.4 is 15.8 Å². The highest BCUT2D eigenvalue weighted by molar-refractivity contribution is 7.21. The fourth-order valence-electron chi connectivity index (χ4n) is 4.57. The minimum absolute atomic E-state index is 0.00522. The topological polar surface area (TPSA) is 89.3 Å². The second-order valence-corrected chi connectivity index (χ2v) is 9.38. The first-order chi connectivity index (χ1) is 15.6. The van der Waals surface area contributed by atoms with Gasteiger partial charge in [-0.1, -0.05) is 41.7 Å². The van der Waals surface area contributed by atoms with Crippen molar-refractivity contribution in [3.63, 3.8) is 0 Å². The Labute approximate surface area is 190 Å². The van der Waals surface area contributed by atoms with Gasteiger partial charge in [0.15, 0.2) is 15.5 Å². The molecule has 2 aliphatic rings. The van der Waals surface area contributed by atoms with Crippen LogP contribution in [0.4, 0.5) is 5.13 Å². The van der Waals surface area contributed by atoms with E-state index in [-0.39, 0.29) is 23.4 Å². The van der Waals surface area contributed by atoms with Crippen molar-refractivity contribution >= 4 is 32.7 Å². The summed E-state index contributed by atoms with van der Waals surface area (Å²) in [6.45, 7) is 2.64. The summed E-state index contributed by atoms with van der Waals surface area (Å²) in [6.07, 6.45) is 3.42. The van der Waals surface area contributed by atoms with Gasteiger partial charge in [0, 0.05) is 39.3 Å². The molecule has 0 radical (unpaired) electrons. The number of benzene rings is 1. The van der Waals surface area contributed by atoms with Crippen molar-refractivity contribution in [3.8, 4) is 0 Å². The summed E-state index contributed by atoms with van der Waals surface area (Å²) in [5.41, 5.74) is 1.33. The molecule has 2 fully saturated rings. The quantitative estimate of drug-likeness (QED) is 0.639. The summed E-state index contributed by atoms with van der Waals surface area (Å²) in [5, 5.41) is 3.75. The Morgan fingerprint density at radius 2 is 1.97 bits per heavy atom. The van der Waals surface area contributed by atoms with E-state index >= 15 is 0 Å². The second kappa shape index (κ2) is 8.99. The van der Waals surface area contributed by atoms with Gasteiger partial charge in [-0.3, -0.25) is 14.2 Å². The Bertz CT molecular complexity index is 1170. The number of carbonyl (C=O) groups is 1. The average Bonchev–Trinajstić information content (AvgIpc) is 3.48. The predicted octanol–water partition coefficient (Wildman–Crippen LogP) is 2.57. The second-order valence-electron chi connectivity index (χ2n) is 8.43. The molecule has 1 atom stereocenters. The molecule has 0 saturated carbocycles. The number of aromatic nitrogens is 3. The summed E-state index contributed by atoms with van der Waals surface area (Å²) in [5.74, 6) is 1.02. The van der Waals surface area contributed by atoms with E-state index in [0.717, 1.165) is 43.6 Å². The Kier molecular flexibility index (Phi) is 5.93. The zero-order valence-corrected chi connectivity index (χ0v) is 18.9. The van der Waals surface area contributed by atoms with E-state index in [1.54, 1.807) is 11.6 Å². The Hall–Kier alpha value is -2.78. The first kappa shape index (κ1) is 21.1. The molecule has 2 saturated heterocycles. The van der Waals surface area contributed by atoms with E-state index in [9.17, 15) is 9.59 Å². The minimum atomic E-state index is -0.280. The lowest BCUT2D eigenvalue weighted by atomic mass is 9.99. The molecule has 4 heterocycles. The molecular formula is C23H27N5O3S. The van der Waals surface area contributed by atoms with Crippen LogP contribution in [0.15, 0.2) is 35.1 Å². The highest BCUT2D eigenvalue weighted by atomic mass is 32.1. The molecule has 2 aromatic heterocycles. The van der Waals surface area contributed by atoms with Gasteiger partial charge in [0.25, 0.3) is 5.56 Å². The molecule has 1 amide bonds. The van der Waals surface area contributed by atoms with E-state index in [1.807, 2.05) is 35.2 Å². The maximum Gasteiger partial charge on any atom is 0.280 e. The number of ether oxygens (including phenoxy) is 1. The van der Waals surface area contributed by atoms with Crippen molar-refractivity contribution in [1.29, 1.82) is 0 Å². The number of fused-ring (bicyclic) bond motifs is 1. The third-order valence-electron chi connectivity index (χ3n) is 6.36. The van der Waals surface area contributed by atoms with Gasteiger partial charge in [-0.15, -0.1) is 0 Å². The third-order valence-corrected chi connectivity index (χ3v) is 7.35. The normalized spacial score (nSPS) is 19.5. The molecule has 3 aromatic rings. The van der Waals surface area contributed by atoms with Crippen LogP contribution in [0, 0.1) is 0 Å². The van der Waals surface area contributed by atoms with Crippen LogP contribution in [-0.2, 0) is 23.1 Å². The monoisotopic (exact) mass is 453 g/mol. The number of hydrogen-bond donors (Lipinski definition) is 1. The molecule has 168 valence electrons.